The van der Waals surface area contributed by atoms with Gasteiger partial charge in [0.1, 0.15) is 12.3 Å². The summed E-state index contributed by atoms with van der Waals surface area (Å²) in [5.41, 5.74) is 0. The van der Waals surface area contributed by atoms with Gasteiger partial charge in [0.15, 0.2) is 0 Å². The first-order valence-corrected chi connectivity index (χ1v) is 4.87. The number of piperidine rings is 1. The first-order chi connectivity index (χ1) is 6.75. The average Bonchev–Trinajstić information content (AvgIpc) is 2.18. The van der Waals surface area contributed by atoms with E-state index in [9.17, 15) is 9.59 Å². The van der Waals surface area contributed by atoms with Crippen LogP contribution in [0, 0.1) is 5.92 Å². The molecule has 5 heteroatoms. The predicted molar refractivity (Wildman–Crippen MR) is 50.8 cm³/mol. The molecule has 2 amide bonds. The average molecular weight is 195 g/mol. The minimum atomic E-state index is -0.317. The fourth-order valence-electron chi connectivity index (χ4n) is 1.81. The van der Waals surface area contributed by atoms with Crippen LogP contribution in [-0.4, -0.2) is 30.7 Å². The standard InChI is InChI=1S/C9H13N3O2/c13-7-5-8(14)12-9(11-7)6-1-3-10-4-2-6/h6,10H,1-5H2,(H,11,12,13,14). The molecule has 0 aromatic carbocycles. The van der Waals surface area contributed by atoms with Crippen LogP contribution < -0.4 is 10.6 Å². The summed E-state index contributed by atoms with van der Waals surface area (Å²) in [5, 5.41) is 5.90. The van der Waals surface area contributed by atoms with Crippen molar-refractivity contribution in [3.05, 3.63) is 0 Å². The number of nitrogens with one attached hydrogen (secondary N) is 2. The van der Waals surface area contributed by atoms with Crippen molar-refractivity contribution >= 4 is 17.6 Å². The Morgan fingerprint density at radius 2 is 1.93 bits per heavy atom. The van der Waals surface area contributed by atoms with Gasteiger partial charge in [-0.2, -0.15) is 4.99 Å². The normalized spacial score (nSPS) is 24.4. The molecule has 1 fully saturated rings. The molecule has 0 saturated carbocycles. The van der Waals surface area contributed by atoms with Crippen molar-refractivity contribution in [2.75, 3.05) is 13.1 Å². The van der Waals surface area contributed by atoms with Gasteiger partial charge in [0.25, 0.3) is 5.91 Å². The number of amidine groups is 1. The number of hydrogen-bond acceptors (Lipinski definition) is 3. The van der Waals surface area contributed by atoms with Gasteiger partial charge < -0.3 is 10.6 Å². The van der Waals surface area contributed by atoms with Crippen LogP contribution in [0.1, 0.15) is 19.3 Å². The Balaban J connectivity index is 2.08. The molecule has 2 N–H and O–H groups in total. The lowest BCUT2D eigenvalue weighted by Gasteiger charge is -2.25. The van der Waals surface area contributed by atoms with Crippen molar-refractivity contribution in [2.45, 2.75) is 19.3 Å². The quantitative estimate of drug-likeness (QED) is 0.550. The van der Waals surface area contributed by atoms with Crippen LogP contribution in [0.5, 0.6) is 0 Å². The van der Waals surface area contributed by atoms with Gasteiger partial charge in [-0.05, 0) is 25.9 Å². The molecule has 76 valence electrons. The zero-order chi connectivity index (χ0) is 9.97. The molecule has 0 aromatic rings. The molecule has 0 aliphatic carbocycles. The predicted octanol–water partition coefficient (Wildman–Crippen LogP) is -0.569. The number of aliphatic imine (C=N–C) groups is 1. The van der Waals surface area contributed by atoms with E-state index in [4.69, 9.17) is 0 Å². The molecule has 0 unspecified atom stereocenters. The van der Waals surface area contributed by atoms with Gasteiger partial charge in [0.2, 0.25) is 5.91 Å². The van der Waals surface area contributed by atoms with Gasteiger partial charge >= 0.3 is 0 Å². The summed E-state index contributed by atoms with van der Waals surface area (Å²) in [7, 11) is 0. The van der Waals surface area contributed by atoms with Crippen LogP contribution in [0.25, 0.3) is 0 Å². The zero-order valence-electron chi connectivity index (χ0n) is 7.88. The lowest BCUT2D eigenvalue weighted by molar-refractivity contribution is -0.127. The van der Waals surface area contributed by atoms with E-state index in [0.717, 1.165) is 25.9 Å². The number of amides is 2. The molecule has 0 spiro atoms. The lowest BCUT2D eigenvalue weighted by atomic mass is 9.96. The first kappa shape index (κ1) is 9.33. The molecule has 5 nitrogen and oxygen atoms in total. The van der Waals surface area contributed by atoms with E-state index in [0.29, 0.717) is 5.84 Å². The molecule has 2 aliphatic heterocycles. The summed E-state index contributed by atoms with van der Waals surface area (Å²) in [6.07, 6.45) is 1.77. The second-order valence-corrected chi connectivity index (χ2v) is 3.64. The maximum atomic E-state index is 11.1. The van der Waals surface area contributed by atoms with E-state index in [1.807, 2.05) is 0 Å². The Bertz CT molecular complexity index is 292. The van der Waals surface area contributed by atoms with E-state index in [1.54, 1.807) is 0 Å². The van der Waals surface area contributed by atoms with Crippen LogP contribution in [0.4, 0.5) is 0 Å². The van der Waals surface area contributed by atoms with Gasteiger partial charge in [-0.1, -0.05) is 0 Å². The van der Waals surface area contributed by atoms with Gasteiger partial charge in [-0.3, -0.25) is 9.59 Å². The van der Waals surface area contributed by atoms with Crippen LogP contribution in [-0.2, 0) is 9.59 Å². The second kappa shape index (κ2) is 3.88. The van der Waals surface area contributed by atoms with Crippen LogP contribution >= 0.6 is 0 Å². The molecular formula is C9H13N3O2. The Hall–Kier alpha value is -1.23. The highest BCUT2D eigenvalue weighted by atomic mass is 16.2. The van der Waals surface area contributed by atoms with Crippen molar-refractivity contribution < 1.29 is 9.59 Å². The molecule has 0 bridgehead atoms. The SMILES string of the molecule is O=C1CC(=O)NC(C2CCNCC2)=N1. The summed E-state index contributed by atoms with van der Waals surface area (Å²) >= 11 is 0. The monoisotopic (exact) mass is 195 g/mol. The third-order valence-corrected chi connectivity index (χ3v) is 2.55. The maximum absolute atomic E-state index is 11.1. The largest absolute Gasteiger partial charge is 0.317 e. The Kier molecular flexibility index (Phi) is 2.58. The summed E-state index contributed by atoms with van der Waals surface area (Å²) in [5.74, 6) is 0.276. The van der Waals surface area contributed by atoms with Gasteiger partial charge in [-0.15, -0.1) is 0 Å². The first-order valence-electron chi connectivity index (χ1n) is 4.87. The highest BCUT2D eigenvalue weighted by molar-refractivity contribution is 6.14. The smallest absolute Gasteiger partial charge is 0.256 e. The molecule has 2 heterocycles. The van der Waals surface area contributed by atoms with E-state index in [2.05, 4.69) is 15.6 Å². The molecule has 1 saturated heterocycles. The third kappa shape index (κ3) is 1.98. The minimum absolute atomic E-state index is 0.103. The van der Waals surface area contributed by atoms with Gasteiger partial charge in [-0.25, -0.2) is 0 Å². The van der Waals surface area contributed by atoms with Crippen LogP contribution in [0.2, 0.25) is 0 Å². The summed E-state index contributed by atoms with van der Waals surface area (Å²) < 4.78 is 0. The lowest BCUT2D eigenvalue weighted by Crippen LogP contribution is -2.44. The fraction of sp³-hybridized carbons (Fsp3) is 0.667. The third-order valence-electron chi connectivity index (χ3n) is 2.55. The van der Waals surface area contributed by atoms with Gasteiger partial charge in [0, 0.05) is 5.92 Å². The fourth-order valence-corrected chi connectivity index (χ4v) is 1.81. The van der Waals surface area contributed by atoms with Crippen LogP contribution in [0.3, 0.4) is 0 Å². The molecule has 2 aliphatic rings. The number of carbonyl (C=O) groups excluding carboxylic acids is 2. The second-order valence-electron chi connectivity index (χ2n) is 3.64. The van der Waals surface area contributed by atoms with Gasteiger partial charge in [0.05, 0.1) is 0 Å². The summed E-state index contributed by atoms with van der Waals surface area (Å²) in [6, 6.07) is 0. The molecular weight excluding hydrogens is 182 g/mol. The highest BCUT2D eigenvalue weighted by Gasteiger charge is 2.25. The number of hydrogen-bond donors (Lipinski definition) is 2. The maximum Gasteiger partial charge on any atom is 0.256 e. The number of carbonyl (C=O) groups is 2. The summed E-state index contributed by atoms with van der Waals surface area (Å²) in [6.45, 7) is 1.85. The van der Waals surface area contributed by atoms with Crippen molar-refractivity contribution in [1.29, 1.82) is 0 Å². The molecule has 2 rings (SSSR count). The summed E-state index contributed by atoms with van der Waals surface area (Å²) in [4.78, 5) is 26.0. The highest BCUT2D eigenvalue weighted by Crippen LogP contribution is 2.14. The molecule has 14 heavy (non-hydrogen) atoms. The van der Waals surface area contributed by atoms with E-state index in [1.165, 1.54) is 0 Å². The van der Waals surface area contributed by atoms with E-state index in [-0.39, 0.29) is 24.2 Å². The molecule has 0 atom stereocenters. The van der Waals surface area contributed by atoms with Crippen molar-refractivity contribution in [2.24, 2.45) is 10.9 Å². The Morgan fingerprint density at radius 1 is 1.21 bits per heavy atom. The minimum Gasteiger partial charge on any atom is -0.317 e. The Labute approximate surface area is 82.0 Å². The van der Waals surface area contributed by atoms with Crippen molar-refractivity contribution in [3.8, 4) is 0 Å². The van der Waals surface area contributed by atoms with Crippen LogP contribution in [0.15, 0.2) is 4.99 Å². The van der Waals surface area contributed by atoms with E-state index >= 15 is 0 Å². The van der Waals surface area contributed by atoms with E-state index < -0.39 is 0 Å². The Morgan fingerprint density at radius 3 is 2.57 bits per heavy atom. The van der Waals surface area contributed by atoms with Crippen molar-refractivity contribution in [1.82, 2.24) is 10.6 Å². The van der Waals surface area contributed by atoms with Crippen molar-refractivity contribution in [3.63, 3.8) is 0 Å². The number of nitrogens with zero attached hydrogens (tertiary/aromatic N) is 1. The molecule has 0 aromatic heterocycles. The molecule has 0 radical (unpaired) electrons. The number of rotatable bonds is 1. The zero-order valence-corrected chi connectivity index (χ0v) is 7.88. The topological polar surface area (TPSA) is 70.6 Å².